The quantitative estimate of drug-likeness (QED) is 0.409. The van der Waals surface area contributed by atoms with Crippen molar-refractivity contribution in [3.63, 3.8) is 0 Å². The summed E-state index contributed by atoms with van der Waals surface area (Å²) in [6.45, 7) is 0.943. The van der Waals surface area contributed by atoms with E-state index in [-0.39, 0.29) is 46.4 Å². The van der Waals surface area contributed by atoms with Crippen LogP contribution >= 0.6 is 0 Å². The zero-order valence-electron chi connectivity index (χ0n) is 8.64. The van der Waals surface area contributed by atoms with Gasteiger partial charge in [0.25, 0.3) is 0 Å². The van der Waals surface area contributed by atoms with Crippen LogP contribution in [0.2, 0.25) is 0 Å². The first-order valence-corrected chi connectivity index (χ1v) is 8.43. The van der Waals surface area contributed by atoms with Gasteiger partial charge < -0.3 is 0 Å². The Morgan fingerprint density at radius 2 is 2.33 bits per heavy atom. The van der Waals surface area contributed by atoms with Crippen LogP contribution in [0.25, 0.3) is 0 Å². The molecule has 0 bridgehead atoms. The number of fused-ring (bicyclic) bond motifs is 1. The number of alkyl halides is 2. The van der Waals surface area contributed by atoms with Crippen LogP contribution in [0.4, 0.5) is 4.79 Å². The molecule has 0 radical (unpaired) electrons. The van der Waals surface area contributed by atoms with Crippen molar-refractivity contribution in [1.82, 2.24) is 9.80 Å². The molecule has 5 nitrogen and oxygen atoms in total. The second kappa shape index (κ2) is 4.42. The van der Waals surface area contributed by atoms with E-state index in [4.69, 9.17) is 5.11 Å². The molecule has 88 valence electrons. The first kappa shape index (κ1) is 11.4. The average molecular weight is 327 g/mol. The number of β-amino-alcohol motifs (C(OH)–C–C–N with tert-alkyl or cyclic N) is 1. The Labute approximate surface area is 99.3 Å². The summed E-state index contributed by atoms with van der Waals surface area (Å²) in [4.78, 5) is 17.2. The molecule has 2 saturated heterocycles. The molecule has 0 spiro atoms. The summed E-state index contributed by atoms with van der Waals surface area (Å²) in [5.74, 6) is 0. The predicted octanol–water partition coefficient (Wildman–Crippen LogP) is -4.11. The van der Waals surface area contributed by atoms with Gasteiger partial charge in [0, 0.05) is 0 Å². The number of carbonyl (C=O) groups excluding carboxylic acids is 1. The van der Waals surface area contributed by atoms with Crippen LogP contribution in [0.15, 0.2) is 0 Å². The molecule has 2 heterocycles. The number of halogens is 1. The van der Waals surface area contributed by atoms with E-state index in [9.17, 15) is 9.90 Å². The molecule has 0 aliphatic carbocycles. The van der Waals surface area contributed by atoms with Gasteiger partial charge in [-0.3, -0.25) is 0 Å². The number of carbonyl (C=O) groups is 1. The van der Waals surface area contributed by atoms with Crippen LogP contribution in [-0.2, 0) is 0 Å². The SMILES string of the molecule is C[I-][C@@H]1C[C@H]2C(O)N(CCO)C(=O)N2C1. The van der Waals surface area contributed by atoms with Gasteiger partial charge in [-0.05, 0) is 0 Å². The molecule has 2 rings (SSSR count). The minimum atomic E-state index is -0.717. The molecule has 1 unspecified atom stereocenters. The van der Waals surface area contributed by atoms with E-state index < -0.39 is 6.23 Å². The maximum atomic E-state index is 11.8. The Morgan fingerprint density at radius 1 is 1.60 bits per heavy atom. The molecule has 2 aliphatic rings. The van der Waals surface area contributed by atoms with Gasteiger partial charge >= 0.3 is 99.3 Å². The van der Waals surface area contributed by atoms with Crippen molar-refractivity contribution in [2.24, 2.45) is 0 Å². The average Bonchev–Trinajstić information content (AvgIpc) is 2.75. The third-order valence-electron chi connectivity index (χ3n) is 3.10. The van der Waals surface area contributed by atoms with Gasteiger partial charge in [0.15, 0.2) is 0 Å². The standard InChI is InChI=1S/C9H16IN2O3/c1-10-6-4-7-8(14)11(2-3-13)9(15)12(7)5-6/h6-8,13-14H,2-5H2,1H3/q-1/t6-,7+,8?/m1/s1. The molecule has 3 atom stereocenters. The molecule has 6 heteroatoms. The van der Waals surface area contributed by atoms with Crippen molar-refractivity contribution in [2.45, 2.75) is 22.6 Å². The summed E-state index contributed by atoms with van der Waals surface area (Å²) >= 11 is 0.143. The first-order valence-electron chi connectivity index (χ1n) is 5.03. The van der Waals surface area contributed by atoms with Crippen LogP contribution in [0, 0.1) is 0 Å². The van der Waals surface area contributed by atoms with Crippen LogP contribution in [0.3, 0.4) is 0 Å². The third-order valence-corrected chi connectivity index (χ3v) is 5.76. The Bertz CT molecular complexity index is 264. The van der Waals surface area contributed by atoms with Crippen molar-refractivity contribution in [2.75, 3.05) is 24.6 Å². The van der Waals surface area contributed by atoms with E-state index in [1.165, 1.54) is 4.90 Å². The first-order chi connectivity index (χ1) is 7.19. The number of hydrogen-bond donors (Lipinski definition) is 2. The van der Waals surface area contributed by atoms with Gasteiger partial charge in [0.1, 0.15) is 0 Å². The number of rotatable bonds is 3. The molecule has 2 N–H and O–H groups in total. The Balaban J connectivity index is 2.07. The summed E-state index contributed by atoms with van der Waals surface area (Å²) in [6, 6.07) is -0.143. The normalized spacial score (nSPS) is 35.4. The van der Waals surface area contributed by atoms with Gasteiger partial charge in [-0.15, -0.1) is 0 Å². The van der Waals surface area contributed by atoms with Crippen molar-refractivity contribution >= 4 is 6.03 Å². The van der Waals surface area contributed by atoms with Crippen molar-refractivity contribution < 1.29 is 36.2 Å². The molecule has 2 aliphatic heterocycles. The second-order valence-electron chi connectivity index (χ2n) is 3.88. The van der Waals surface area contributed by atoms with E-state index in [2.05, 4.69) is 4.93 Å². The number of urea groups is 1. The summed E-state index contributed by atoms with van der Waals surface area (Å²) < 4.78 is 0.628. The summed E-state index contributed by atoms with van der Waals surface area (Å²) in [5, 5.41) is 18.7. The van der Waals surface area contributed by atoms with Gasteiger partial charge in [-0.25, -0.2) is 0 Å². The molecular weight excluding hydrogens is 311 g/mol. The molecule has 15 heavy (non-hydrogen) atoms. The monoisotopic (exact) mass is 327 g/mol. The zero-order valence-corrected chi connectivity index (χ0v) is 10.8. The number of amides is 2. The van der Waals surface area contributed by atoms with Crippen molar-refractivity contribution in [3.05, 3.63) is 0 Å². The molecule has 0 aromatic carbocycles. The van der Waals surface area contributed by atoms with E-state index >= 15 is 0 Å². The van der Waals surface area contributed by atoms with Crippen LogP contribution in [-0.4, -0.2) is 66.9 Å². The summed E-state index contributed by atoms with van der Waals surface area (Å²) in [7, 11) is 0. The summed E-state index contributed by atoms with van der Waals surface area (Å²) in [6.07, 6.45) is 0.212. The van der Waals surface area contributed by atoms with Gasteiger partial charge in [0.2, 0.25) is 0 Å². The van der Waals surface area contributed by atoms with Crippen molar-refractivity contribution in [1.29, 1.82) is 0 Å². The Hall–Kier alpha value is -0.0800. The van der Waals surface area contributed by atoms with E-state index in [0.29, 0.717) is 3.92 Å². The fourth-order valence-corrected chi connectivity index (χ4v) is 4.14. The topological polar surface area (TPSA) is 64.0 Å². The number of nitrogens with zero attached hydrogens (tertiary/aromatic N) is 2. The molecule has 2 fully saturated rings. The van der Waals surface area contributed by atoms with Crippen LogP contribution in [0.5, 0.6) is 0 Å². The number of aliphatic hydroxyl groups is 2. The van der Waals surface area contributed by atoms with Gasteiger partial charge in [-0.2, -0.15) is 0 Å². The predicted molar refractivity (Wildman–Crippen MR) is 50.0 cm³/mol. The van der Waals surface area contributed by atoms with Crippen LogP contribution in [0.1, 0.15) is 6.42 Å². The summed E-state index contributed by atoms with van der Waals surface area (Å²) in [5.41, 5.74) is 0. The van der Waals surface area contributed by atoms with E-state index in [1.807, 2.05) is 0 Å². The molecule has 2 amide bonds. The van der Waals surface area contributed by atoms with E-state index in [1.54, 1.807) is 4.90 Å². The molecule has 0 aromatic heterocycles. The van der Waals surface area contributed by atoms with Crippen molar-refractivity contribution in [3.8, 4) is 0 Å². The zero-order chi connectivity index (χ0) is 11.0. The molecule has 0 saturated carbocycles. The number of hydrogen-bond acceptors (Lipinski definition) is 3. The molecule has 0 aromatic rings. The Morgan fingerprint density at radius 3 is 2.87 bits per heavy atom. The Kier molecular flexibility index (Phi) is 3.36. The number of aliphatic hydroxyl groups excluding tert-OH is 2. The second-order valence-corrected chi connectivity index (χ2v) is 6.89. The van der Waals surface area contributed by atoms with E-state index in [0.717, 1.165) is 13.0 Å². The fraction of sp³-hybridized carbons (Fsp3) is 0.889. The third kappa shape index (κ3) is 1.83. The van der Waals surface area contributed by atoms with Crippen LogP contribution < -0.4 is 21.2 Å². The molecular formula is C9H16IN2O3-. The van der Waals surface area contributed by atoms with Gasteiger partial charge in [-0.1, -0.05) is 0 Å². The fourth-order valence-electron chi connectivity index (χ4n) is 2.29. The van der Waals surface area contributed by atoms with Gasteiger partial charge in [0.05, 0.1) is 0 Å². The minimum absolute atomic E-state index is 0.0336. The maximum absolute atomic E-state index is 11.8.